The summed E-state index contributed by atoms with van der Waals surface area (Å²) in [5, 5.41) is 3.89. The molecule has 0 fully saturated rings. The number of amides is 1. The minimum Gasteiger partial charge on any atom is -0.497 e. The van der Waals surface area contributed by atoms with E-state index in [2.05, 4.69) is 21.2 Å². The molecule has 1 heterocycles. The Kier molecular flexibility index (Phi) is 4.49. The summed E-state index contributed by atoms with van der Waals surface area (Å²) in [7, 11) is 5.00. The van der Waals surface area contributed by atoms with Crippen molar-refractivity contribution in [3.63, 3.8) is 0 Å². The first-order chi connectivity index (χ1) is 11.6. The third-order valence-corrected chi connectivity index (χ3v) is 4.72. The molecule has 1 aromatic heterocycles. The summed E-state index contributed by atoms with van der Waals surface area (Å²) >= 11 is 3.54. The minimum absolute atomic E-state index is 0.218. The zero-order valence-electron chi connectivity index (χ0n) is 13.6. The van der Waals surface area contributed by atoms with Crippen LogP contribution in [0.5, 0.6) is 11.5 Å². The Balaban J connectivity index is 1.99. The number of fused-ring (bicyclic) bond motifs is 1. The van der Waals surface area contributed by atoms with Gasteiger partial charge in [0.1, 0.15) is 17.2 Å². The van der Waals surface area contributed by atoms with Crippen LogP contribution in [0.4, 0.5) is 5.69 Å². The lowest BCUT2D eigenvalue weighted by Gasteiger charge is -2.12. The third kappa shape index (κ3) is 2.73. The predicted molar refractivity (Wildman–Crippen MR) is 98.1 cm³/mol. The van der Waals surface area contributed by atoms with Crippen molar-refractivity contribution in [3.05, 3.63) is 52.6 Å². The van der Waals surface area contributed by atoms with Gasteiger partial charge in [-0.05, 0) is 34.1 Å². The molecule has 0 unspecified atom stereocenters. The van der Waals surface area contributed by atoms with Crippen molar-refractivity contribution in [3.8, 4) is 11.5 Å². The van der Waals surface area contributed by atoms with Crippen molar-refractivity contribution in [2.45, 2.75) is 0 Å². The lowest BCUT2D eigenvalue weighted by molar-refractivity contribution is 0.101. The van der Waals surface area contributed by atoms with Crippen LogP contribution in [-0.4, -0.2) is 24.7 Å². The van der Waals surface area contributed by atoms with Gasteiger partial charge in [-0.3, -0.25) is 4.79 Å². The van der Waals surface area contributed by atoms with E-state index in [0.717, 1.165) is 15.4 Å². The maximum absolute atomic E-state index is 12.8. The molecule has 0 saturated heterocycles. The molecule has 5 nitrogen and oxygen atoms in total. The Morgan fingerprint density at radius 3 is 2.54 bits per heavy atom. The normalized spacial score (nSPS) is 10.7. The second kappa shape index (κ2) is 6.57. The topological polar surface area (TPSA) is 52.5 Å². The van der Waals surface area contributed by atoms with Gasteiger partial charge in [-0.2, -0.15) is 0 Å². The average Bonchev–Trinajstić information content (AvgIpc) is 2.86. The molecule has 0 atom stereocenters. The van der Waals surface area contributed by atoms with Crippen LogP contribution in [0.25, 0.3) is 10.9 Å². The van der Waals surface area contributed by atoms with E-state index in [9.17, 15) is 4.79 Å². The maximum atomic E-state index is 12.8. The Labute approximate surface area is 148 Å². The SMILES string of the molecule is COc1ccc(NC(=O)c2c(Br)c3ccccc3n2C)c(OC)c1. The first-order valence-corrected chi connectivity index (χ1v) is 8.12. The number of nitrogens with one attached hydrogen (secondary N) is 1. The van der Waals surface area contributed by atoms with Gasteiger partial charge in [-0.15, -0.1) is 0 Å². The van der Waals surface area contributed by atoms with Gasteiger partial charge >= 0.3 is 0 Å². The van der Waals surface area contributed by atoms with Gasteiger partial charge in [0, 0.05) is 24.0 Å². The van der Waals surface area contributed by atoms with Crippen molar-refractivity contribution in [2.24, 2.45) is 7.05 Å². The lowest BCUT2D eigenvalue weighted by atomic mass is 10.2. The number of hydrogen-bond acceptors (Lipinski definition) is 3. The number of aryl methyl sites for hydroxylation is 1. The molecular formula is C18H17BrN2O3. The Morgan fingerprint density at radius 1 is 1.12 bits per heavy atom. The standard InChI is InChI=1S/C18H17BrN2O3/c1-21-14-7-5-4-6-12(14)16(19)17(21)18(22)20-13-9-8-11(23-2)10-15(13)24-3/h4-10H,1-3H3,(H,20,22). The summed E-state index contributed by atoms with van der Waals surface area (Å²) in [6, 6.07) is 13.1. The Morgan fingerprint density at radius 2 is 1.88 bits per heavy atom. The molecule has 0 bridgehead atoms. The highest BCUT2D eigenvalue weighted by Gasteiger charge is 2.20. The fourth-order valence-electron chi connectivity index (χ4n) is 2.68. The van der Waals surface area contributed by atoms with Crippen molar-refractivity contribution >= 4 is 38.4 Å². The number of carbonyl (C=O) groups is 1. The molecule has 0 aliphatic rings. The van der Waals surface area contributed by atoms with E-state index >= 15 is 0 Å². The third-order valence-electron chi connectivity index (χ3n) is 3.92. The van der Waals surface area contributed by atoms with E-state index in [4.69, 9.17) is 9.47 Å². The summed E-state index contributed by atoms with van der Waals surface area (Å²) in [5.41, 5.74) is 2.12. The van der Waals surface area contributed by atoms with Crippen LogP contribution in [0.15, 0.2) is 46.9 Å². The van der Waals surface area contributed by atoms with E-state index in [1.165, 1.54) is 0 Å². The number of benzene rings is 2. The molecular weight excluding hydrogens is 372 g/mol. The highest BCUT2D eigenvalue weighted by molar-refractivity contribution is 9.10. The van der Waals surface area contributed by atoms with Crippen LogP contribution in [0.2, 0.25) is 0 Å². The number of hydrogen-bond donors (Lipinski definition) is 1. The number of aromatic nitrogens is 1. The molecule has 0 saturated carbocycles. The minimum atomic E-state index is -0.218. The zero-order valence-corrected chi connectivity index (χ0v) is 15.2. The predicted octanol–water partition coefficient (Wildman–Crippen LogP) is 4.21. The number of carbonyl (C=O) groups excluding carboxylic acids is 1. The maximum Gasteiger partial charge on any atom is 0.273 e. The van der Waals surface area contributed by atoms with Crippen LogP contribution in [-0.2, 0) is 7.05 Å². The molecule has 3 aromatic rings. The van der Waals surface area contributed by atoms with Crippen molar-refractivity contribution in [1.82, 2.24) is 4.57 Å². The molecule has 3 rings (SSSR count). The van der Waals surface area contributed by atoms with Gasteiger partial charge in [-0.25, -0.2) is 0 Å². The lowest BCUT2D eigenvalue weighted by Crippen LogP contribution is -2.16. The second-order valence-electron chi connectivity index (χ2n) is 5.26. The Hall–Kier alpha value is -2.47. The Bertz CT molecular complexity index is 879. The molecule has 0 aliphatic heterocycles. The fourth-order valence-corrected chi connectivity index (χ4v) is 3.46. The van der Waals surface area contributed by atoms with Gasteiger partial charge in [0.15, 0.2) is 0 Å². The van der Waals surface area contributed by atoms with Crippen molar-refractivity contribution in [2.75, 3.05) is 19.5 Å². The molecule has 1 N–H and O–H groups in total. The average molecular weight is 389 g/mol. The summed E-state index contributed by atoms with van der Waals surface area (Å²) in [6.45, 7) is 0. The molecule has 1 amide bonds. The molecule has 0 spiro atoms. The van der Waals surface area contributed by atoms with E-state index in [0.29, 0.717) is 22.9 Å². The second-order valence-corrected chi connectivity index (χ2v) is 6.05. The smallest absolute Gasteiger partial charge is 0.273 e. The number of rotatable bonds is 4. The quantitative estimate of drug-likeness (QED) is 0.728. The van der Waals surface area contributed by atoms with Gasteiger partial charge < -0.3 is 19.4 Å². The van der Waals surface area contributed by atoms with Crippen LogP contribution in [0.3, 0.4) is 0 Å². The first-order valence-electron chi connectivity index (χ1n) is 7.33. The van der Waals surface area contributed by atoms with Crippen LogP contribution in [0.1, 0.15) is 10.5 Å². The number of anilines is 1. The number of methoxy groups -OCH3 is 2. The number of halogens is 1. The first kappa shape index (κ1) is 16.4. The highest BCUT2D eigenvalue weighted by atomic mass is 79.9. The summed E-state index contributed by atoms with van der Waals surface area (Å²) in [4.78, 5) is 12.8. The summed E-state index contributed by atoms with van der Waals surface area (Å²) < 4.78 is 13.1. The van der Waals surface area contributed by atoms with E-state index in [-0.39, 0.29) is 5.91 Å². The van der Waals surface area contributed by atoms with Crippen LogP contribution >= 0.6 is 15.9 Å². The van der Waals surface area contributed by atoms with Gasteiger partial charge in [-0.1, -0.05) is 18.2 Å². The largest absolute Gasteiger partial charge is 0.497 e. The monoisotopic (exact) mass is 388 g/mol. The molecule has 0 radical (unpaired) electrons. The van der Waals surface area contributed by atoms with E-state index in [1.54, 1.807) is 32.4 Å². The van der Waals surface area contributed by atoms with Gasteiger partial charge in [0.05, 0.1) is 24.4 Å². The molecule has 0 aliphatic carbocycles. The molecule has 6 heteroatoms. The van der Waals surface area contributed by atoms with Gasteiger partial charge in [0.25, 0.3) is 5.91 Å². The number of ether oxygens (including phenoxy) is 2. The van der Waals surface area contributed by atoms with Crippen LogP contribution in [0, 0.1) is 0 Å². The van der Waals surface area contributed by atoms with E-state index in [1.807, 2.05) is 35.9 Å². The highest BCUT2D eigenvalue weighted by Crippen LogP contribution is 2.33. The van der Waals surface area contributed by atoms with Crippen LogP contribution < -0.4 is 14.8 Å². The summed E-state index contributed by atoms with van der Waals surface area (Å²) in [6.07, 6.45) is 0. The van der Waals surface area contributed by atoms with Crippen molar-refractivity contribution < 1.29 is 14.3 Å². The zero-order chi connectivity index (χ0) is 17.3. The number of para-hydroxylation sites is 1. The number of nitrogens with zero attached hydrogens (tertiary/aromatic N) is 1. The van der Waals surface area contributed by atoms with Crippen molar-refractivity contribution in [1.29, 1.82) is 0 Å². The molecule has 2 aromatic carbocycles. The molecule has 24 heavy (non-hydrogen) atoms. The summed E-state index contributed by atoms with van der Waals surface area (Å²) in [5.74, 6) is 0.984. The fraction of sp³-hybridized carbons (Fsp3) is 0.167. The van der Waals surface area contributed by atoms with Gasteiger partial charge in [0.2, 0.25) is 0 Å². The molecule has 124 valence electrons. The van der Waals surface area contributed by atoms with E-state index < -0.39 is 0 Å².